The quantitative estimate of drug-likeness (QED) is 0.153. The minimum absolute atomic E-state index is 0.0410. The number of aryl methyl sites for hydroxylation is 3. The van der Waals surface area contributed by atoms with Gasteiger partial charge in [-0.1, -0.05) is 51.0 Å². The van der Waals surface area contributed by atoms with Gasteiger partial charge in [-0.15, -0.1) is 0 Å². The van der Waals surface area contributed by atoms with Crippen LogP contribution in [0.3, 0.4) is 0 Å². The summed E-state index contributed by atoms with van der Waals surface area (Å²) in [6.07, 6.45) is 6.85. The number of carboxylic acid groups (broad SMARTS) is 1. The minimum Gasteiger partial charge on any atom is -0.493 e. The van der Waals surface area contributed by atoms with Crippen molar-refractivity contribution in [3.63, 3.8) is 0 Å². The molecule has 0 amide bonds. The summed E-state index contributed by atoms with van der Waals surface area (Å²) < 4.78 is 42.3. The molecule has 0 fully saturated rings. The third-order valence-corrected chi connectivity index (χ3v) is 7.22. The highest BCUT2D eigenvalue weighted by atomic mass is 32.2. The minimum atomic E-state index is -3.73. The molecule has 7 nitrogen and oxygen atoms in total. The van der Waals surface area contributed by atoms with Gasteiger partial charge in [-0.2, -0.15) is 8.42 Å². The van der Waals surface area contributed by atoms with Crippen molar-refractivity contribution >= 4 is 22.2 Å². The molecule has 0 aliphatic heterocycles. The van der Waals surface area contributed by atoms with Gasteiger partial charge in [0.1, 0.15) is 5.75 Å². The maximum Gasteiger partial charge on any atom is 0.331 e. The zero-order valence-electron chi connectivity index (χ0n) is 22.6. The lowest BCUT2D eigenvalue weighted by Gasteiger charge is -2.17. The van der Waals surface area contributed by atoms with Crippen LogP contribution in [0.4, 0.5) is 0 Å². The zero-order valence-corrected chi connectivity index (χ0v) is 23.4. The van der Waals surface area contributed by atoms with E-state index in [0.29, 0.717) is 31.6 Å². The smallest absolute Gasteiger partial charge is 0.331 e. The van der Waals surface area contributed by atoms with Gasteiger partial charge in [-0.25, -0.2) is 4.79 Å². The number of rotatable bonds is 16. The van der Waals surface area contributed by atoms with Crippen LogP contribution in [0, 0.1) is 6.92 Å². The molecule has 0 unspecified atom stereocenters. The number of carboxylic acids is 1. The van der Waals surface area contributed by atoms with Crippen molar-refractivity contribution in [2.45, 2.75) is 72.6 Å². The van der Waals surface area contributed by atoms with Crippen LogP contribution in [0.1, 0.15) is 75.1 Å². The highest BCUT2D eigenvalue weighted by molar-refractivity contribution is 7.87. The second-order valence-electron chi connectivity index (χ2n) is 9.16. The summed E-state index contributed by atoms with van der Waals surface area (Å²) in [5.74, 6) is 0.440. The fraction of sp³-hybridized carbons (Fsp3) is 0.483. The molecule has 37 heavy (non-hydrogen) atoms. The standard InChI is InChI=1S/C29H40O7S/c1-6-8-17-35-26-20-23(19-22(4)29(30)31)14-16-24(26)11-10-12-25-15-13-21(3)27(34-5)28(25)36-37(32,33)18-9-7-2/h13-16,19-20H,6-12,17-18H2,1-5H3,(H,30,31). The predicted octanol–water partition coefficient (Wildman–Crippen LogP) is 6.35. The van der Waals surface area contributed by atoms with Gasteiger partial charge >= 0.3 is 16.1 Å². The molecule has 0 bridgehead atoms. The fourth-order valence-electron chi connectivity index (χ4n) is 3.84. The average molecular weight is 533 g/mol. The highest BCUT2D eigenvalue weighted by Crippen LogP contribution is 2.37. The summed E-state index contributed by atoms with van der Waals surface area (Å²) >= 11 is 0. The SMILES string of the molecule is CCCCOc1cc(C=C(C)C(=O)O)ccc1CCCc1ccc(C)c(OC)c1OS(=O)(=O)CCCC. The lowest BCUT2D eigenvalue weighted by Crippen LogP contribution is -2.15. The van der Waals surface area contributed by atoms with Gasteiger partial charge in [0, 0.05) is 5.57 Å². The molecule has 0 aliphatic rings. The van der Waals surface area contributed by atoms with Crippen molar-refractivity contribution in [1.29, 1.82) is 0 Å². The highest BCUT2D eigenvalue weighted by Gasteiger charge is 2.21. The molecule has 204 valence electrons. The van der Waals surface area contributed by atoms with E-state index < -0.39 is 16.1 Å². The number of ether oxygens (including phenoxy) is 2. The van der Waals surface area contributed by atoms with E-state index in [4.69, 9.17) is 13.7 Å². The van der Waals surface area contributed by atoms with Crippen LogP contribution >= 0.6 is 0 Å². The van der Waals surface area contributed by atoms with E-state index in [0.717, 1.165) is 53.7 Å². The van der Waals surface area contributed by atoms with Gasteiger partial charge < -0.3 is 18.8 Å². The van der Waals surface area contributed by atoms with Gasteiger partial charge in [-0.05, 0) is 80.3 Å². The first kappa shape index (κ1) is 30.2. The van der Waals surface area contributed by atoms with Gasteiger partial charge in [0.2, 0.25) is 0 Å². The van der Waals surface area contributed by atoms with Crippen LogP contribution in [-0.4, -0.2) is 39.0 Å². The largest absolute Gasteiger partial charge is 0.493 e. The molecule has 8 heteroatoms. The lowest BCUT2D eigenvalue weighted by molar-refractivity contribution is -0.132. The molecule has 0 aromatic heterocycles. The van der Waals surface area contributed by atoms with E-state index in [1.54, 1.807) is 13.0 Å². The molecule has 0 radical (unpaired) electrons. The molecule has 2 aromatic carbocycles. The van der Waals surface area contributed by atoms with Crippen molar-refractivity contribution < 1.29 is 32.0 Å². The van der Waals surface area contributed by atoms with Crippen LogP contribution in [0.15, 0.2) is 35.9 Å². The molecule has 0 heterocycles. The first-order chi connectivity index (χ1) is 17.6. The van der Waals surface area contributed by atoms with Crippen LogP contribution < -0.4 is 13.7 Å². The molecule has 0 atom stereocenters. The predicted molar refractivity (Wildman–Crippen MR) is 147 cm³/mol. The van der Waals surface area contributed by atoms with E-state index in [9.17, 15) is 18.3 Å². The van der Waals surface area contributed by atoms with Crippen molar-refractivity contribution in [2.24, 2.45) is 0 Å². The molecule has 2 aromatic rings. The zero-order chi connectivity index (χ0) is 27.4. The second-order valence-corrected chi connectivity index (χ2v) is 10.8. The van der Waals surface area contributed by atoms with Crippen molar-refractivity contribution in [2.75, 3.05) is 19.5 Å². The Balaban J connectivity index is 2.27. The third-order valence-electron chi connectivity index (χ3n) is 6.01. The Hall–Kier alpha value is -3.00. The van der Waals surface area contributed by atoms with Crippen LogP contribution in [-0.2, 0) is 27.8 Å². The van der Waals surface area contributed by atoms with Crippen molar-refractivity contribution in [3.05, 3.63) is 58.2 Å². The second kappa shape index (κ2) is 14.7. The number of benzene rings is 2. The van der Waals surface area contributed by atoms with Crippen molar-refractivity contribution in [1.82, 2.24) is 0 Å². The lowest BCUT2D eigenvalue weighted by atomic mass is 9.99. The monoisotopic (exact) mass is 532 g/mol. The average Bonchev–Trinajstić information content (AvgIpc) is 2.85. The van der Waals surface area contributed by atoms with Gasteiger partial charge in [0.25, 0.3) is 0 Å². The summed E-state index contributed by atoms with van der Waals surface area (Å²) in [5, 5.41) is 9.20. The summed E-state index contributed by atoms with van der Waals surface area (Å²) in [6.45, 7) is 8.03. The molecule has 0 saturated carbocycles. The number of carbonyl (C=O) groups is 1. The van der Waals surface area contributed by atoms with E-state index >= 15 is 0 Å². The summed E-state index contributed by atoms with van der Waals surface area (Å²) in [5.41, 5.74) is 3.61. The normalized spacial score (nSPS) is 11.9. The maximum atomic E-state index is 12.6. The Labute approximate surface area is 221 Å². The number of aliphatic carboxylic acids is 1. The van der Waals surface area contributed by atoms with Gasteiger partial charge in [-0.3, -0.25) is 0 Å². The van der Waals surface area contributed by atoms with Crippen LogP contribution in [0.5, 0.6) is 17.2 Å². The maximum absolute atomic E-state index is 12.6. The Bertz CT molecular complexity index is 1180. The molecule has 0 saturated heterocycles. The molecule has 0 spiro atoms. The molecular formula is C29H40O7S. The first-order valence-electron chi connectivity index (χ1n) is 12.9. The first-order valence-corrected chi connectivity index (χ1v) is 14.5. The molecule has 0 aliphatic carbocycles. The van der Waals surface area contributed by atoms with Crippen LogP contribution in [0.2, 0.25) is 0 Å². The molecule has 2 rings (SSSR count). The summed E-state index contributed by atoms with van der Waals surface area (Å²) in [4.78, 5) is 11.2. The van der Waals surface area contributed by atoms with Crippen molar-refractivity contribution in [3.8, 4) is 17.2 Å². The number of methoxy groups -OCH3 is 1. The Morgan fingerprint density at radius 3 is 2.30 bits per heavy atom. The van der Waals surface area contributed by atoms with Crippen LogP contribution in [0.25, 0.3) is 6.08 Å². The summed E-state index contributed by atoms with van der Waals surface area (Å²) in [7, 11) is -2.22. The number of hydrogen-bond acceptors (Lipinski definition) is 6. The number of hydrogen-bond donors (Lipinski definition) is 1. The molecule has 1 N–H and O–H groups in total. The fourth-order valence-corrected chi connectivity index (χ4v) is 5.01. The Morgan fingerprint density at radius 2 is 1.65 bits per heavy atom. The topological polar surface area (TPSA) is 99.1 Å². The van der Waals surface area contributed by atoms with E-state index in [1.165, 1.54) is 7.11 Å². The van der Waals surface area contributed by atoms with E-state index in [2.05, 4.69) is 6.92 Å². The molecular weight excluding hydrogens is 492 g/mol. The van der Waals surface area contributed by atoms with Gasteiger partial charge in [0.05, 0.1) is 19.5 Å². The summed E-state index contributed by atoms with van der Waals surface area (Å²) in [6, 6.07) is 9.53. The third kappa shape index (κ3) is 9.43. The Kier molecular flexibility index (Phi) is 12.0. The van der Waals surface area contributed by atoms with E-state index in [-0.39, 0.29) is 17.1 Å². The van der Waals surface area contributed by atoms with E-state index in [1.807, 2.05) is 44.2 Å². The number of unbranched alkanes of at least 4 members (excludes halogenated alkanes) is 2. The van der Waals surface area contributed by atoms with Gasteiger partial charge in [0.15, 0.2) is 11.5 Å². The Morgan fingerprint density at radius 1 is 0.973 bits per heavy atom.